The zero-order valence-corrected chi connectivity index (χ0v) is 19.2. The third kappa shape index (κ3) is 5.35. The maximum atomic E-state index is 14.6. The average molecular weight is 476 g/mol. The standard InChI is InChI=1S/C25H28ClF2N3O2/c26-23-20(17-32)6-7-22(29-23)30-12-8-18(9-13-30)16-19-10-14-31(15-11-19)24(33)25(27,28)21-4-2-1-3-5-21/h1-7,17-19H,8-16H2. The van der Waals surface area contributed by atoms with Crippen LogP contribution in [0.25, 0.3) is 0 Å². The van der Waals surface area contributed by atoms with E-state index in [4.69, 9.17) is 11.6 Å². The van der Waals surface area contributed by atoms with E-state index in [-0.39, 0.29) is 10.7 Å². The molecule has 0 unspecified atom stereocenters. The molecule has 0 spiro atoms. The Morgan fingerprint density at radius 1 is 1.00 bits per heavy atom. The molecule has 4 rings (SSSR count). The number of carbonyl (C=O) groups excluding carboxylic acids is 2. The van der Waals surface area contributed by atoms with Crippen LogP contribution < -0.4 is 4.90 Å². The minimum atomic E-state index is -3.48. The van der Waals surface area contributed by atoms with Crippen LogP contribution in [0.5, 0.6) is 0 Å². The molecule has 5 nitrogen and oxygen atoms in total. The largest absolute Gasteiger partial charge is 0.357 e. The molecule has 8 heteroatoms. The summed E-state index contributed by atoms with van der Waals surface area (Å²) < 4.78 is 29.2. The number of benzene rings is 1. The van der Waals surface area contributed by atoms with Gasteiger partial charge in [-0.15, -0.1) is 0 Å². The Morgan fingerprint density at radius 2 is 1.61 bits per heavy atom. The van der Waals surface area contributed by atoms with Crippen molar-refractivity contribution in [2.45, 2.75) is 38.0 Å². The molecule has 2 saturated heterocycles. The number of aldehydes is 1. The van der Waals surface area contributed by atoms with Crippen LogP contribution in [0.1, 0.15) is 48.0 Å². The van der Waals surface area contributed by atoms with Gasteiger partial charge in [0.25, 0.3) is 5.91 Å². The van der Waals surface area contributed by atoms with Gasteiger partial charge in [-0.05, 0) is 56.1 Å². The Kier molecular flexibility index (Phi) is 7.27. The summed E-state index contributed by atoms with van der Waals surface area (Å²) in [6.45, 7) is 2.51. The molecular weight excluding hydrogens is 448 g/mol. The minimum absolute atomic E-state index is 0.226. The number of pyridine rings is 1. The van der Waals surface area contributed by atoms with Gasteiger partial charge < -0.3 is 9.80 Å². The molecule has 1 aromatic heterocycles. The number of halogens is 3. The summed E-state index contributed by atoms with van der Waals surface area (Å²) in [7, 11) is 0. The Labute approximate surface area is 197 Å². The first-order chi connectivity index (χ1) is 15.9. The highest BCUT2D eigenvalue weighted by Gasteiger charge is 2.44. The van der Waals surface area contributed by atoms with E-state index in [0.717, 1.165) is 51.0 Å². The van der Waals surface area contributed by atoms with Gasteiger partial charge in [-0.2, -0.15) is 8.78 Å². The quantitative estimate of drug-likeness (QED) is 0.426. The Balaban J connectivity index is 1.24. The lowest BCUT2D eigenvalue weighted by Gasteiger charge is -2.38. The number of likely N-dealkylation sites (tertiary alicyclic amines) is 1. The topological polar surface area (TPSA) is 53.5 Å². The van der Waals surface area contributed by atoms with Crippen LogP contribution in [0.4, 0.5) is 14.6 Å². The second-order valence-corrected chi connectivity index (χ2v) is 9.37. The van der Waals surface area contributed by atoms with Crippen molar-refractivity contribution >= 4 is 29.6 Å². The summed E-state index contributed by atoms with van der Waals surface area (Å²) in [6, 6.07) is 10.8. The summed E-state index contributed by atoms with van der Waals surface area (Å²) >= 11 is 6.06. The molecule has 0 aliphatic carbocycles. The molecule has 2 aliphatic heterocycles. The van der Waals surface area contributed by atoms with Gasteiger partial charge in [-0.3, -0.25) is 9.59 Å². The van der Waals surface area contributed by atoms with E-state index < -0.39 is 11.8 Å². The second kappa shape index (κ2) is 10.2. The first-order valence-electron chi connectivity index (χ1n) is 11.5. The molecule has 33 heavy (non-hydrogen) atoms. The van der Waals surface area contributed by atoms with E-state index in [1.807, 2.05) is 6.07 Å². The average Bonchev–Trinajstić information content (AvgIpc) is 2.85. The molecule has 1 amide bonds. The predicted octanol–water partition coefficient (Wildman–Crippen LogP) is 5.18. The number of hydrogen-bond acceptors (Lipinski definition) is 4. The Bertz CT molecular complexity index is 973. The Hall–Kier alpha value is -2.54. The highest BCUT2D eigenvalue weighted by Crippen LogP contribution is 2.35. The second-order valence-electron chi connectivity index (χ2n) is 9.01. The van der Waals surface area contributed by atoms with Crippen molar-refractivity contribution in [1.29, 1.82) is 0 Å². The monoisotopic (exact) mass is 475 g/mol. The van der Waals surface area contributed by atoms with Crippen LogP contribution in [0.2, 0.25) is 5.15 Å². The highest BCUT2D eigenvalue weighted by molar-refractivity contribution is 6.31. The van der Waals surface area contributed by atoms with Crippen LogP contribution in [0.3, 0.4) is 0 Å². The van der Waals surface area contributed by atoms with Gasteiger partial charge in [0, 0.05) is 31.7 Å². The smallest absolute Gasteiger partial charge is 0.349 e. The van der Waals surface area contributed by atoms with Crippen LogP contribution in [0, 0.1) is 11.8 Å². The number of amides is 1. The van der Waals surface area contributed by atoms with Crippen LogP contribution >= 0.6 is 11.6 Å². The van der Waals surface area contributed by atoms with E-state index in [9.17, 15) is 18.4 Å². The molecule has 0 atom stereocenters. The normalized spacial score (nSPS) is 18.4. The summed E-state index contributed by atoms with van der Waals surface area (Å²) in [4.78, 5) is 31.3. The predicted molar refractivity (Wildman–Crippen MR) is 124 cm³/mol. The van der Waals surface area contributed by atoms with Gasteiger partial charge in [-0.25, -0.2) is 4.98 Å². The molecule has 2 fully saturated rings. The lowest BCUT2D eigenvalue weighted by atomic mass is 9.82. The molecular formula is C25H28ClF2N3O2. The van der Waals surface area contributed by atoms with Crippen molar-refractivity contribution in [2.75, 3.05) is 31.1 Å². The minimum Gasteiger partial charge on any atom is -0.357 e. The van der Waals surface area contributed by atoms with Crippen molar-refractivity contribution in [3.63, 3.8) is 0 Å². The van der Waals surface area contributed by atoms with Crippen molar-refractivity contribution in [3.05, 3.63) is 58.7 Å². The van der Waals surface area contributed by atoms with Gasteiger partial charge in [0.05, 0.1) is 5.56 Å². The zero-order chi connectivity index (χ0) is 23.4. The SMILES string of the molecule is O=Cc1ccc(N2CCC(CC3CCN(C(=O)C(F)(F)c4ccccc4)CC3)CC2)nc1Cl. The molecule has 0 bridgehead atoms. The zero-order valence-electron chi connectivity index (χ0n) is 18.4. The summed E-state index contributed by atoms with van der Waals surface area (Å²) in [6.07, 6.45) is 5.35. The highest BCUT2D eigenvalue weighted by atomic mass is 35.5. The number of nitrogens with zero attached hydrogens (tertiary/aromatic N) is 3. The third-order valence-electron chi connectivity index (χ3n) is 6.90. The fraction of sp³-hybridized carbons (Fsp3) is 0.480. The first-order valence-corrected chi connectivity index (χ1v) is 11.9. The lowest BCUT2D eigenvalue weighted by molar-refractivity contribution is -0.160. The number of aromatic nitrogens is 1. The van der Waals surface area contributed by atoms with E-state index in [1.54, 1.807) is 12.1 Å². The van der Waals surface area contributed by atoms with Gasteiger partial charge in [0.2, 0.25) is 0 Å². The number of carbonyl (C=O) groups is 2. The molecule has 2 aromatic rings. The van der Waals surface area contributed by atoms with Gasteiger partial charge in [0.15, 0.2) is 6.29 Å². The molecule has 0 N–H and O–H groups in total. The van der Waals surface area contributed by atoms with E-state index in [1.165, 1.54) is 29.2 Å². The third-order valence-corrected chi connectivity index (χ3v) is 7.20. The van der Waals surface area contributed by atoms with E-state index in [0.29, 0.717) is 36.8 Å². The van der Waals surface area contributed by atoms with Crippen LogP contribution in [-0.4, -0.2) is 48.3 Å². The Morgan fingerprint density at radius 3 is 2.18 bits per heavy atom. The number of rotatable bonds is 6. The molecule has 176 valence electrons. The number of alkyl halides is 2. The lowest BCUT2D eigenvalue weighted by Crippen LogP contribution is -2.46. The maximum absolute atomic E-state index is 14.6. The van der Waals surface area contributed by atoms with Gasteiger partial charge in [0.1, 0.15) is 11.0 Å². The van der Waals surface area contributed by atoms with Crippen molar-refractivity contribution < 1.29 is 18.4 Å². The summed E-state index contributed by atoms with van der Waals surface area (Å²) in [5.41, 5.74) is 0.141. The molecule has 1 aromatic carbocycles. The molecule has 2 aliphatic rings. The van der Waals surface area contributed by atoms with Crippen molar-refractivity contribution in [2.24, 2.45) is 11.8 Å². The first kappa shape index (κ1) is 23.6. The molecule has 0 saturated carbocycles. The van der Waals surface area contributed by atoms with E-state index >= 15 is 0 Å². The molecule has 3 heterocycles. The summed E-state index contributed by atoms with van der Waals surface area (Å²) in [5.74, 6) is -2.76. The number of anilines is 1. The van der Waals surface area contributed by atoms with Crippen LogP contribution in [0.15, 0.2) is 42.5 Å². The van der Waals surface area contributed by atoms with Crippen molar-refractivity contribution in [1.82, 2.24) is 9.88 Å². The fourth-order valence-corrected chi connectivity index (χ4v) is 5.10. The van der Waals surface area contributed by atoms with Crippen molar-refractivity contribution in [3.8, 4) is 0 Å². The van der Waals surface area contributed by atoms with Gasteiger partial charge in [-0.1, -0.05) is 41.9 Å². The maximum Gasteiger partial charge on any atom is 0.349 e. The summed E-state index contributed by atoms with van der Waals surface area (Å²) in [5, 5.41) is 0.226. The van der Waals surface area contributed by atoms with Gasteiger partial charge >= 0.3 is 5.92 Å². The molecule has 0 radical (unpaired) electrons. The number of hydrogen-bond donors (Lipinski definition) is 0. The fourth-order valence-electron chi connectivity index (χ4n) is 4.91. The van der Waals surface area contributed by atoms with Crippen LogP contribution in [-0.2, 0) is 10.7 Å². The number of piperidine rings is 2. The van der Waals surface area contributed by atoms with E-state index in [2.05, 4.69) is 9.88 Å².